The van der Waals surface area contributed by atoms with Gasteiger partial charge in [-0.05, 0) is 31.8 Å². The predicted molar refractivity (Wildman–Crippen MR) is 65.4 cm³/mol. The highest BCUT2D eigenvalue weighted by Crippen LogP contribution is 2.21. The number of hydrogen-bond acceptors (Lipinski definition) is 3. The molecule has 94 valence electrons. The summed E-state index contributed by atoms with van der Waals surface area (Å²) in [5.41, 5.74) is 0.932. The minimum atomic E-state index is -0.286. The van der Waals surface area contributed by atoms with Gasteiger partial charge < -0.3 is 15.3 Å². The molecule has 0 saturated carbocycles. The highest BCUT2D eigenvalue weighted by molar-refractivity contribution is 5.97. The Morgan fingerprint density at radius 1 is 1.24 bits per heavy atom. The standard InChI is InChI=1S/C12H19N3O2/c1-7(2)9-10(15-12(17)14-9)11(16)8-3-5-13-6-4-8/h7-8,13H,3-6H2,1-2H3,(H2,14,15,17). The lowest BCUT2D eigenvalue weighted by Gasteiger charge is -2.21. The third kappa shape index (κ3) is 2.49. The van der Waals surface area contributed by atoms with Crippen LogP contribution in [0, 0.1) is 5.92 Å². The van der Waals surface area contributed by atoms with Crippen molar-refractivity contribution < 1.29 is 4.79 Å². The summed E-state index contributed by atoms with van der Waals surface area (Å²) in [6.45, 7) is 5.70. The fourth-order valence-corrected chi connectivity index (χ4v) is 2.31. The second kappa shape index (κ2) is 4.87. The number of piperidine rings is 1. The van der Waals surface area contributed by atoms with Crippen molar-refractivity contribution in [2.45, 2.75) is 32.6 Å². The molecule has 2 rings (SSSR count). The van der Waals surface area contributed by atoms with Crippen LogP contribution in [0.4, 0.5) is 0 Å². The van der Waals surface area contributed by atoms with E-state index in [2.05, 4.69) is 15.3 Å². The van der Waals surface area contributed by atoms with Crippen molar-refractivity contribution in [1.29, 1.82) is 0 Å². The molecule has 0 unspecified atom stereocenters. The molecule has 1 aromatic rings. The van der Waals surface area contributed by atoms with E-state index in [1.165, 1.54) is 0 Å². The summed E-state index contributed by atoms with van der Waals surface area (Å²) in [4.78, 5) is 29.0. The third-order valence-electron chi connectivity index (χ3n) is 3.29. The lowest BCUT2D eigenvalue weighted by atomic mass is 9.90. The summed E-state index contributed by atoms with van der Waals surface area (Å²) in [6.07, 6.45) is 1.70. The van der Waals surface area contributed by atoms with Crippen molar-refractivity contribution in [1.82, 2.24) is 15.3 Å². The average Bonchev–Trinajstić information content (AvgIpc) is 2.72. The maximum Gasteiger partial charge on any atom is 0.323 e. The smallest absolute Gasteiger partial charge is 0.317 e. The van der Waals surface area contributed by atoms with E-state index in [4.69, 9.17) is 0 Å². The van der Waals surface area contributed by atoms with Crippen LogP contribution >= 0.6 is 0 Å². The Kier molecular flexibility index (Phi) is 3.47. The van der Waals surface area contributed by atoms with Crippen LogP contribution in [0.1, 0.15) is 48.8 Å². The van der Waals surface area contributed by atoms with Crippen molar-refractivity contribution in [3.05, 3.63) is 21.9 Å². The molecule has 0 amide bonds. The minimum Gasteiger partial charge on any atom is -0.317 e. The predicted octanol–water partition coefficient (Wildman–Crippen LogP) is 1.01. The molecule has 2 heterocycles. The van der Waals surface area contributed by atoms with Gasteiger partial charge in [0.25, 0.3) is 0 Å². The van der Waals surface area contributed by atoms with Gasteiger partial charge in [-0.2, -0.15) is 0 Å². The van der Waals surface area contributed by atoms with E-state index in [1.54, 1.807) is 0 Å². The van der Waals surface area contributed by atoms with Crippen LogP contribution in [0.15, 0.2) is 4.79 Å². The van der Waals surface area contributed by atoms with Gasteiger partial charge >= 0.3 is 5.69 Å². The van der Waals surface area contributed by atoms with Crippen LogP contribution in [-0.4, -0.2) is 28.8 Å². The molecule has 17 heavy (non-hydrogen) atoms. The average molecular weight is 237 g/mol. The molecular weight excluding hydrogens is 218 g/mol. The summed E-state index contributed by atoms with van der Waals surface area (Å²) in [7, 11) is 0. The summed E-state index contributed by atoms with van der Waals surface area (Å²) in [5, 5.41) is 3.23. The number of carbonyl (C=O) groups is 1. The minimum absolute atomic E-state index is 0.0419. The Hall–Kier alpha value is -1.36. The molecule has 0 aromatic carbocycles. The van der Waals surface area contributed by atoms with Crippen LogP contribution < -0.4 is 11.0 Å². The summed E-state index contributed by atoms with van der Waals surface area (Å²) < 4.78 is 0. The Balaban J connectivity index is 2.26. The van der Waals surface area contributed by atoms with Gasteiger partial charge in [0.1, 0.15) is 5.69 Å². The number of Topliss-reactive ketones (excluding diaryl/α,β-unsaturated/α-hetero) is 1. The number of H-pyrrole nitrogens is 2. The molecule has 5 heteroatoms. The van der Waals surface area contributed by atoms with Crippen LogP contribution in [0.5, 0.6) is 0 Å². The van der Waals surface area contributed by atoms with Crippen LogP contribution in [0.3, 0.4) is 0 Å². The van der Waals surface area contributed by atoms with E-state index >= 15 is 0 Å². The second-order valence-electron chi connectivity index (χ2n) is 4.91. The molecule has 5 nitrogen and oxygen atoms in total. The van der Waals surface area contributed by atoms with Crippen molar-refractivity contribution >= 4 is 5.78 Å². The quantitative estimate of drug-likeness (QED) is 0.686. The molecular formula is C12H19N3O2. The van der Waals surface area contributed by atoms with Gasteiger partial charge in [-0.15, -0.1) is 0 Å². The molecule has 0 atom stereocenters. The normalized spacial score (nSPS) is 17.6. The monoisotopic (exact) mass is 237 g/mol. The van der Waals surface area contributed by atoms with Crippen molar-refractivity contribution in [2.24, 2.45) is 5.92 Å². The first kappa shape index (κ1) is 12.1. The van der Waals surface area contributed by atoms with Gasteiger partial charge in [0.15, 0.2) is 5.78 Å². The zero-order valence-electron chi connectivity index (χ0n) is 10.3. The van der Waals surface area contributed by atoms with Crippen molar-refractivity contribution in [2.75, 3.05) is 13.1 Å². The fourth-order valence-electron chi connectivity index (χ4n) is 2.31. The maximum atomic E-state index is 12.3. The van der Waals surface area contributed by atoms with Crippen LogP contribution in [0.25, 0.3) is 0 Å². The molecule has 3 N–H and O–H groups in total. The Morgan fingerprint density at radius 3 is 2.47 bits per heavy atom. The first-order valence-corrected chi connectivity index (χ1v) is 6.16. The van der Waals surface area contributed by atoms with E-state index < -0.39 is 0 Å². The topological polar surface area (TPSA) is 77.8 Å². The van der Waals surface area contributed by atoms with Gasteiger partial charge in [-0.1, -0.05) is 13.8 Å². The fraction of sp³-hybridized carbons (Fsp3) is 0.667. The van der Waals surface area contributed by atoms with Crippen LogP contribution in [0.2, 0.25) is 0 Å². The second-order valence-corrected chi connectivity index (χ2v) is 4.91. The molecule has 1 aliphatic rings. The largest absolute Gasteiger partial charge is 0.323 e. The summed E-state index contributed by atoms with van der Waals surface area (Å²) >= 11 is 0. The number of nitrogens with one attached hydrogen (secondary N) is 3. The number of rotatable bonds is 3. The van der Waals surface area contributed by atoms with Gasteiger partial charge in [0.05, 0.1) is 0 Å². The van der Waals surface area contributed by atoms with E-state index in [0.29, 0.717) is 5.69 Å². The first-order chi connectivity index (χ1) is 8.09. The zero-order valence-corrected chi connectivity index (χ0v) is 10.3. The molecule has 0 radical (unpaired) electrons. The van der Waals surface area contributed by atoms with Crippen molar-refractivity contribution in [3.63, 3.8) is 0 Å². The summed E-state index contributed by atoms with van der Waals surface area (Å²) in [5.74, 6) is 0.267. The van der Waals surface area contributed by atoms with E-state index in [9.17, 15) is 9.59 Å². The Morgan fingerprint density at radius 2 is 1.88 bits per heavy atom. The number of ketones is 1. The highest BCUT2D eigenvalue weighted by atomic mass is 16.1. The number of aromatic nitrogens is 2. The number of imidazole rings is 1. The van der Waals surface area contributed by atoms with E-state index in [1.807, 2.05) is 13.8 Å². The molecule has 1 aromatic heterocycles. The molecule has 1 aliphatic heterocycles. The van der Waals surface area contributed by atoms with E-state index in [0.717, 1.165) is 31.6 Å². The number of carbonyl (C=O) groups excluding carboxylic acids is 1. The first-order valence-electron chi connectivity index (χ1n) is 6.16. The Labute approximate surface area is 100 Å². The number of hydrogen-bond donors (Lipinski definition) is 3. The third-order valence-corrected chi connectivity index (χ3v) is 3.29. The van der Waals surface area contributed by atoms with Crippen molar-refractivity contribution in [3.8, 4) is 0 Å². The van der Waals surface area contributed by atoms with E-state index in [-0.39, 0.29) is 23.3 Å². The SMILES string of the molecule is CC(C)c1[nH]c(=O)[nH]c1C(=O)C1CCNCC1. The van der Waals surface area contributed by atoms with Crippen LogP contribution in [-0.2, 0) is 0 Å². The molecule has 1 saturated heterocycles. The number of aromatic amines is 2. The summed E-state index contributed by atoms with van der Waals surface area (Å²) in [6, 6.07) is 0. The lowest BCUT2D eigenvalue weighted by Crippen LogP contribution is -2.32. The zero-order chi connectivity index (χ0) is 12.4. The highest BCUT2D eigenvalue weighted by Gasteiger charge is 2.26. The molecule has 0 spiro atoms. The molecule has 0 bridgehead atoms. The molecule has 0 aliphatic carbocycles. The van der Waals surface area contributed by atoms with Gasteiger partial charge in [-0.25, -0.2) is 4.79 Å². The molecule has 1 fully saturated rings. The van der Waals surface area contributed by atoms with Gasteiger partial charge in [-0.3, -0.25) is 4.79 Å². The van der Waals surface area contributed by atoms with Gasteiger partial charge in [0.2, 0.25) is 0 Å². The van der Waals surface area contributed by atoms with Gasteiger partial charge in [0, 0.05) is 11.6 Å². The Bertz CT molecular complexity index is 453. The maximum absolute atomic E-state index is 12.3. The lowest BCUT2D eigenvalue weighted by molar-refractivity contribution is 0.0889.